The molecule has 8 heteroatoms. The normalized spacial score (nSPS) is 13.4. The smallest absolute Gasteiger partial charge is 0.277 e. The molecule has 2 amide bonds. The summed E-state index contributed by atoms with van der Waals surface area (Å²) in [6.45, 7) is 1.10. The average Bonchev–Trinajstić information content (AvgIpc) is 3.14. The van der Waals surface area contributed by atoms with E-state index >= 15 is 0 Å². The fourth-order valence-corrected chi connectivity index (χ4v) is 3.87. The van der Waals surface area contributed by atoms with E-state index in [4.69, 9.17) is 0 Å². The highest BCUT2D eigenvalue weighted by Crippen LogP contribution is 2.28. The standard InChI is InChI=1S/C20H17N5O2S/c26-18(7-6-14-4-2-1-3-5-14)25-11-8-15-17(13-25)28-20(23-15)24-19(27)16-12-21-9-10-22-16/h1-7,9-10,12H,8,11,13H2,(H,23,24,27)/b7-6+. The SMILES string of the molecule is O=C(Nc1nc2c(s1)CN(C(=O)/C=C/c1ccccc1)CC2)c1cnccn1. The molecule has 7 nitrogen and oxygen atoms in total. The number of fused-ring (bicyclic) bond motifs is 1. The summed E-state index contributed by atoms with van der Waals surface area (Å²) >= 11 is 1.38. The lowest BCUT2D eigenvalue weighted by Gasteiger charge is -2.24. The van der Waals surface area contributed by atoms with Crippen LogP contribution in [0.2, 0.25) is 0 Å². The Balaban J connectivity index is 1.41. The molecule has 28 heavy (non-hydrogen) atoms. The number of carbonyl (C=O) groups excluding carboxylic acids is 2. The van der Waals surface area contributed by atoms with Gasteiger partial charge in [-0.1, -0.05) is 41.7 Å². The second-order valence-corrected chi connectivity index (χ2v) is 7.27. The molecule has 0 atom stereocenters. The van der Waals surface area contributed by atoms with Crippen molar-refractivity contribution in [1.29, 1.82) is 0 Å². The van der Waals surface area contributed by atoms with Gasteiger partial charge in [0.25, 0.3) is 5.91 Å². The van der Waals surface area contributed by atoms with E-state index in [0.29, 0.717) is 24.6 Å². The van der Waals surface area contributed by atoms with Gasteiger partial charge in [0.05, 0.1) is 18.4 Å². The Morgan fingerprint density at radius 2 is 2.04 bits per heavy atom. The van der Waals surface area contributed by atoms with Crippen LogP contribution in [0, 0.1) is 0 Å². The van der Waals surface area contributed by atoms with Crippen molar-refractivity contribution >= 4 is 34.4 Å². The zero-order valence-corrected chi connectivity index (χ0v) is 15.7. The molecule has 4 rings (SSSR count). The Kier molecular flexibility index (Phi) is 5.20. The first-order chi connectivity index (χ1) is 13.7. The van der Waals surface area contributed by atoms with Gasteiger partial charge in [-0.05, 0) is 11.6 Å². The van der Waals surface area contributed by atoms with Crippen molar-refractivity contribution in [3.63, 3.8) is 0 Å². The summed E-state index contributed by atoms with van der Waals surface area (Å²) in [5.74, 6) is -0.383. The number of anilines is 1. The molecular formula is C20H17N5O2S. The highest BCUT2D eigenvalue weighted by Gasteiger charge is 2.23. The Morgan fingerprint density at radius 1 is 1.18 bits per heavy atom. The van der Waals surface area contributed by atoms with Crippen LogP contribution in [0.4, 0.5) is 5.13 Å². The number of thiazole rings is 1. The predicted octanol–water partition coefficient (Wildman–Crippen LogP) is 2.78. The molecule has 0 saturated heterocycles. The highest BCUT2D eigenvalue weighted by molar-refractivity contribution is 7.15. The quantitative estimate of drug-likeness (QED) is 0.691. The summed E-state index contributed by atoms with van der Waals surface area (Å²) in [4.78, 5) is 39.8. The molecule has 0 spiro atoms. The van der Waals surface area contributed by atoms with Crippen LogP contribution < -0.4 is 5.32 Å². The lowest BCUT2D eigenvalue weighted by Crippen LogP contribution is -2.34. The Bertz CT molecular complexity index is 1020. The molecule has 1 aliphatic heterocycles. The molecule has 0 fully saturated rings. The summed E-state index contributed by atoms with van der Waals surface area (Å²) in [7, 11) is 0. The zero-order chi connectivity index (χ0) is 19.3. The molecule has 0 aliphatic carbocycles. The first-order valence-electron chi connectivity index (χ1n) is 8.77. The van der Waals surface area contributed by atoms with Gasteiger partial charge in [-0.3, -0.25) is 19.9 Å². The summed E-state index contributed by atoms with van der Waals surface area (Å²) in [6, 6.07) is 9.72. The van der Waals surface area contributed by atoms with Gasteiger partial charge in [0.15, 0.2) is 5.13 Å². The number of amides is 2. The third-order valence-electron chi connectivity index (χ3n) is 4.28. The van der Waals surface area contributed by atoms with Crippen molar-refractivity contribution in [1.82, 2.24) is 19.9 Å². The second kappa shape index (κ2) is 8.10. The lowest BCUT2D eigenvalue weighted by molar-refractivity contribution is -0.126. The molecule has 0 radical (unpaired) electrons. The topological polar surface area (TPSA) is 88.1 Å². The van der Waals surface area contributed by atoms with Gasteiger partial charge < -0.3 is 4.90 Å². The van der Waals surface area contributed by atoms with E-state index in [1.54, 1.807) is 11.0 Å². The zero-order valence-electron chi connectivity index (χ0n) is 14.9. The number of nitrogens with one attached hydrogen (secondary N) is 1. The van der Waals surface area contributed by atoms with Crippen LogP contribution in [-0.2, 0) is 17.8 Å². The van der Waals surface area contributed by atoms with Crippen LogP contribution in [-0.4, -0.2) is 38.2 Å². The first kappa shape index (κ1) is 18.0. The predicted molar refractivity (Wildman–Crippen MR) is 107 cm³/mol. The largest absolute Gasteiger partial charge is 0.334 e. The maximum Gasteiger partial charge on any atom is 0.277 e. The van der Waals surface area contributed by atoms with Crippen molar-refractivity contribution in [2.45, 2.75) is 13.0 Å². The summed E-state index contributed by atoms with van der Waals surface area (Å²) in [5, 5.41) is 3.26. The number of hydrogen-bond acceptors (Lipinski definition) is 6. The maximum atomic E-state index is 12.5. The van der Waals surface area contributed by atoms with E-state index in [1.807, 2.05) is 36.4 Å². The van der Waals surface area contributed by atoms with Gasteiger partial charge in [0.2, 0.25) is 5.91 Å². The van der Waals surface area contributed by atoms with Crippen molar-refractivity contribution in [2.75, 3.05) is 11.9 Å². The van der Waals surface area contributed by atoms with E-state index in [2.05, 4.69) is 20.3 Å². The molecule has 0 saturated carbocycles. The lowest BCUT2D eigenvalue weighted by atomic mass is 10.1. The molecule has 0 bridgehead atoms. The van der Waals surface area contributed by atoms with Gasteiger partial charge in [-0.2, -0.15) is 0 Å². The number of benzene rings is 1. The highest BCUT2D eigenvalue weighted by atomic mass is 32.1. The minimum atomic E-state index is -0.349. The number of hydrogen-bond donors (Lipinski definition) is 1. The third kappa shape index (κ3) is 4.12. The van der Waals surface area contributed by atoms with E-state index in [1.165, 1.54) is 29.9 Å². The van der Waals surface area contributed by atoms with Crippen molar-refractivity contribution in [3.8, 4) is 0 Å². The third-order valence-corrected chi connectivity index (χ3v) is 5.27. The number of carbonyl (C=O) groups is 2. The van der Waals surface area contributed by atoms with Crippen LogP contribution in [0.15, 0.2) is 55.0 Å². The van der Waals surface area contributed by atoms with Crippen molar-refractivity contribution in [3.05, 3.63) is 76.8 Å². The van der Waals surface area contributed by atoms with E-state index in [9.17, 15) is 9.59 Å². The number of nitrogens with zero attached hydrogens (tertiary/aromatic N) is 4. The van der Waals surface area contributed by atoms with Gasteiger partial charge in [0.1, 0.15) is 5.69 Å². The fraction of sp³-hybridized carbons (Fsp3) is 0.150. The molecule has 0 unspecified atom stereocenters. The number of rotatable bonds is 4. The minimum Gasteiger partial charge on any atom is -0.334 e. The number of aromatic nitrogens is 3. The molecule has 3 heterocycles. The van der Waals surface area contributed by atoms with E-state index in [0.717, 1.165) is 16.1 Å². The molecule has 3 aromatic rings. The summed E-state index contributed by atoms with van der Waals surface area (Å²) in [6.07, 6.45) is 8.46. The van der Waals surface area contributed by atoms with Gasteiger partial charge in [0, 0.05) is 36.3 Å². The molecule has 2 aromatic heterocycles. The van der Waals surface area contributed by atoms with E-state index < -0.39 is 0 Å². The Hall–Kier alpha value is -3.39. The molecule has 140 valence electrons. The average molecular weight is 391 g/mol. The van der Waals surface area contributed by atoms with Crippen LogP contribution in [0.3, 0.4) is 0 Å². The summed E-state index contributed by atoms with van der Waals surface area (Å²) < 4.78 is 0. The van der Waals surface area contributed by atoms with Crippen LogP contribution in [0.25, 0.3) is 6.08 Å². The van der Waals surface area contributed by atoms with E-state index in [-0.39, 0.29) is 17.5 Å². The van der Waals surface area contributed by atoms with Gasteiger partial charge in [-0.25, -0.2) is 9.97 Å². The molecule has 1 N–H and O–H groups in total. The van der Waals surface area contributed by atoms with Gasteiger partial charge >= 0.3 is 0 Å². The molecular weight excluding hydrogens is 374 g/mol. The monoisotopic (exact) mass is 391 g/mol. The van der Waals surface area contributed by atoms with Gasteiger partial charge in [-0.15, -0.1) is 0 Å². The van der Waals surface area contributed by atoms with Crippen LogP contribution in [0.5, 0.6) is 0 Å². The Morgan fingerprint density at radius 3 is 2.82 bits per heavy atom. The minimum absolute atomic E-state index is 0.0342. The van der Waals surface area contributed by atoms with Crippen molar-refractivity contribution in [2.24, 2.45) is 0 Å². The van der Waals surface area contributed by atoms with Crippen LogP contribution in [0.1, 0.15) is 26.6 Å². The summed E-state index contributed by atoms with van der Waals surface area (Å²) in [5.41, 5.74) is 2.15. The molecule has 1 aliphatic rings. The van der Waals surface area contributed by atoms with Crippen molar-refractivity contribution < 1.29 is 9.59 Å². The second-order valence-electron chi connectivity index (χ2n) is 6.19. The molecule has 1 aromatic carbocycles. The van der Waals surface area contributed by atoms with Crippen LogP contribution >= 0.6 is 11.3 Å². The fourth-order valence-electron chi connectivity index (χ4n) is 2.85. The first-order valence-corrected chi connectivity index (χ1v) is 9.58. The maximum absolute atomic E-state index is 12.5. The Labute approximate surface area is 165 Å².